The number of nitrogens with zero attached hydrogens (tertiary/aromatic N) is 1. The second-order valence-corrected chi connectivity index (χ2v) is 6.22. The van der Waals surface area contributed by atoms with Crippen molar-refractivity contribution in [3.05, 3.63) is 29.8 Å². The molecule has 0 fully saturated rings. The number of rotatable bonds is 6. The van der Waals surface area contributed by atoms with Crippen molar-refractivity contribution in [1.29, 1.82) is 0 Å². The van der Waals surface area contributed by atoms with Crippen molar-refractivity contribution < 1.29 is 9.53 Å². The molecular formula is C16H26N2O2. The molecular weight excluding hydrogens is 252 g/mol. The number of likely N-dealkylation sites (N-methyl/N-ethyl adjacent to an activating group) is 1. The maximum Gasteiger partial charge on any atom is 0.257 e. The van der Waals surface area contributed by atoms with Crippen molar-refractivity contribution in [1.82, 2.24) is 10.2 Å². The van der Waals surface area contributed by atoms with E-state index in [0.717, 1.165) is 12.3 Å². The number of hydrogen-bond acceptors (Lipinski definition) is 3. The van der Waals surface area contributed by atoms with Crippen LogP contribution in [0.5, 0.6) is 5.75 Å². The molecule has 0 saturated carbocycles. The molecule has 0 aliphatic heterocycles. The average Bonchev–Trinajstić information content (AvgIpc) is 2.35. The largest absolute Gasteiger partial charge is 0.484 e. The Kier molecular flexibility index (Phi) is 6.02. The molecule has 1 N–H and O–H groups in total. The topological polar surface area (TPSA) is 41.6 Å². The van der Waals surface area contributed by atoms with E-state index in [4.69, 9.17) is 4.74 Å². The molecule has 0 radical (unpaired) electrons. The Hall–Kier alpha value is -1.55. The standard InChI is InChI=1S/C16H26N2O2/c1-16(2,3)13-6-8-14(9-7-13)20-12-15(19)17-10-11-18(4)5/h6-9H,10-12H2,1-5H3,(H,17,19). The van der Waals surface area contributed by atoms with Gasteiger partial charge in [0.2, 0.25) is 0 Å². The molecule has 1 rings (SSSR count). The smallest absolute Gasteiger partial charge is 0.257 e. The highest BCUT2D eigenvalue weighted by Gasteiger charge is 2.13. The van der Waals surface area contributed by atoms with Crippen LogP contribution < -0.4 is 10.1 Å². The lowest BCUT2D eigenvalue weighted by Gasteiger charge is -2.19. The first kappa shape index (κ1) is 16.5. The summed E-state index contributed by atoms with van der Waals surface area (Å²) in [4.78, 5) is 13.6. The normalized spacial score (nSPS) is 11.5. The van der Waals surface area contributed by atoms with Gasteiger partial charge in [0.1, 0.15) is 5.75 Å². The van der Waals surface area contributed by atoms with E-state index in [9.17, 15) is 4.79 Å². The summed E-state index contributed by atoms with van der Waals surface area (Å²) in [5.41, 5.74) is 1.38. The summed E-state index contributed by atoms with van der Waals surface area (Å²) in [6.07, 6.45) is 0. The van der Waals surface area contributed by atoms with Crippen LogP contribution in [-0.4, -0.2) is 44.6 Å². The Morgan fingerprint density at radius 1 is 1.20 bits per heavy atom. The van der Waals surface area contributed by atoms with Crippen LogP contribution in [0.3, 0.4) is 0 Å². The van der Waals surface area contributed by atoms with E-state index in [-0.39, 0.29) is 17.9 Å². The second-order valence-electron chi connectivity index (χ2n) is 6.22. The zero-order chi connectivity index (χ0) is 15.2. The van der Waals surface area contributed by atoms with Crippen LogP contribution in [0.2, 0.25) is 0 Å². The van der Waals surface area contributed by atoms with E-state index in [2.05, 4.69) is 26.1 Å². The number of hydrogen-bond donors (Lipinski definition) is 1. The van der Waals surface area contributed by atoms with Crippen molar-refractivity contribution in [2.24, 2.45) is 0 Å². The van der Waals surface area contributed by atoms with Crippen LogP contribution in [-0.2, 0) is 10.2 Å². The van der Waals surface area contributed by atoms with Crippen molar-refractivity contribution in [3.63, 3.8) is 0 Å². The van der Waals surface area contributed by atoms with Gasteiger partial charge in [0.25, 0.3) is 5.91 Å². The number of carbonyl (C=O) groups is 1. The Balaban J connectivity index is 2.37. The summed E-state index contributed by atoms with van der Waals surface area (Å²) in [7, 11) is 3.94. The van der Waals surface area contributed by atoms with E-state index in [1.807, 2.05) is 43.3 Å². The zero-order valence-corrected chi connectivity index (χ0v) is 13.2. The Labute approximate surface area is 122 Å². The molecule has 1 aromatic rings. The summed E-state index contributed by atoms with van der Waals surface area (Å²) in [6, 6.07) is 7.90. The minimum Gasteiger partial charge on any atom is -0.484 e. The summed E-state index contributed by atoms with van der Waals surface area (Å²) < 4.78 is 5.47. The Morgan fingerprint density at radius 3 is 2.30 bits per heavy atom. The molecule has 4 nitrogen and oxygen atoms in total. The molecule has 0 aliphatic rings. The Bertz CT molecular complexity index is 419. The second kappa shape index (κ2) is 7.29. The van der Waals surface area contributed by atoms with Gasteiger partial charge in [-0.2, -0.15) is 0 Å². The van der Waals surface area contributed by atoms with E-state index in [1.54, 1.807) is 0 Å². The number of amides is 1. The maximum atomic E-state index is 11.6. The van der Waals surface area contributed by atoms with Crippen LogP contribution in [0.25, 0.3) is 0 Å². The number of carbonyl (C=O) groups excluding carboxylic acids is 1. The summed E-state index contributed by atoms with van der Waals surface area (Å²) in [6.45, 7) is 8.02. The molecule has 0 aromatic heterocycles. The maximum absolute atomic E-state index is 11.6. The van der Waals surface area contributed by atoms with Crippen molar-refractivity contribution in [2.45, 2.75) is 26.2 Å². The van der Waals surface area contributed by atoms with Gasteiger partial charge < -0.3 is 15.0 Å². The molecule has 0 unspecified atom stereocenters. The summed E-state index contributed by atoms with van der Waals surface area (Å²) >= 11 is 0. The van der Waals surface area contributed by atoms with Gasteiger partial charge in [0.05, 0.1) is 0 Å². The summed E-state index contributed by atoms with van der Waals surface area (Å²) in [5, 5.41) is 2.81. The van der Waals surface area contributed by atoms with Crippen molar-refractivity contribution in [3.8, 4) is 5.75 Å². The zero-order valence-electron chi connectivity index (χ0n) is 13.2. The van der Waals surface area contributed by atoms with E-state index >= 15 is 0 Å². The van der Waals surface area contributed by atoms with E-state index in [1.165, 1.54) is 5.56 Å². The average molecular weight is 278 g/mol. The van der Waals surface area contributed by atoms with E-state index < -0.39 is 0 Å². The third-order valence-electron chi connectivity index (χ3n) is 2.97. The molecule has 0 spiro atoms. The lowest BCUT2D eigenvalue weighted by molar-refractivity contribution is -0.123. The molecule has 0 heterocycles. The molecule has 0 bridgehead atoms. The number of benzene rings is 1. The monoisotopic (exact) mass is 278 g/mol. The molecule has 4 heteroatoms. The fraction of sp³-hybridized carbons (Fsp3) is 0.562. The molecule has 20 heavy (non-hydrogen) atoms. The minimum atomic E-state index is -0.0910. The molecule has 112 valence electrons. The third kappa shape index (κ3) is 6.06. The lowest BCUT2D eigenvalue weighted by atomic mass is 9.87. The highest BCUT2D eigenvalue weighted by Crippen LogP contribution is 2.24. The molecule has 1 amide bonds. The van der Waals surface area contributed by atoms with Gasteiger partial charge in [-0.3, -0.25) is 4.79 Å². The quantitative estimate of drug-likeness (QED) is 0.866. The predicted octanol–water partition coefficient (Wildman–Crippen LogP) is 2.04. The van der Waals surface area contributed by atoms with Gasteiger partial charge in [-0.05, 0) is 37.2 Å². The first-order valence-corrected chi connectivity index (χ1v) is 6.94. The van der Waals surface area contributed by atoms with Gasteiger partial charge in [0, 0.05) is 13.1 Å². The molecule has 0 saturated heterocycles. The van der Waals surface area contributed by atoms with Crippen LogP contribution in [0.1, 0.15) is 26.3 Å². The van der Waals surface area contributed by atoms with Gasteiger partial charge in [-0.25, -0.2) is 0 Å². The fourth-order valence-electron chi connectivity index (χ4n) is 1.67. The van der Waals surface area contributed by atoms with Crippen LogP contribution >= 0.6 is 0 Å². The van der Waals surface area contributed by atoms with Crippen molar-refractivity contribution in [2.75, 3.05) is 33.8 Å². The van der Waals surface area contributed by atoms with Crippen LogP contribution in [0.4, 0.5) is 0 Å². The molecule has 1 aromatic carbocycles. The van der Waals surface area contributed by atoms with Crippen LogP contribution in [0.15, 0.2) is 24.3 Å². The van der Waals surface area contributed by atoms with Gasteiger partial charge >= 0.3 is 0 Å². The SMILES string of the molecule is CN(C)CCNC(=O)COc1ccc(C(C)(C)C)cc1. The number of nitrogens with one attached hydrogen (secondary N) is 1. The van der Waals surface area contributed by atoms with Gasteiger partial charge in [-0.1, -0.05) is 32.9 Å². The van der Waals surface area contributed by atoms with E-state index in [0.29, 0.717) is 6.54 Å². The van der Waals surface area contributed by atoms with Crippen LogP contribution in [0, 0.1) is 0 Å². The predicted molar refractivity (Wildman–Crippen MR) is 82.2 cm³/mol. The van der Waals surface area contributed by atoms with Crippen molar-refractivity contribution >= 4 is 5.91 Å². The first-order valence-electron chi connectivity index (χ1n) is 6.94. The third-order valence-corrected chi connectivity index (χ3v) is 2.97. The highest BCUT2D eigenvalue weighted by molar-refractivity contribution is 5.77. The molecule has 0 aliphatic carbocycles. The van der Waals surface area contributed by atoms with Gasteiger partial charge in [-0.15, -0.1) is 0 Å². The fourth-order valence-corrected chi connectivity index (χ4v) is 1.67. The number of ether oxygens (including phenoxy) is 1. The van der Waals surface area contributed by atoms with Gasteiger partial charge in [0.15, 0.2) is 6.61 Å². The summed E-state index contributed by atoms with van der Waals surface area (Å²) in [5.74, 6) is 0.632. The Morgan fingerprint density at radius 2 is 1.80 bits per heavy atom. The highest BCUT2D eigenvalue weighted by atomic mass is 16.5. The first-order chi connectivity index (χ1) is 9.29. The molecule has 0 atom stereocenters. The minimum absolute atomic E-state index is 0.0578. The lowest BCUT2D eigenvalue weighted by Crippen LogP contribution is -2.34.